The summed E-state index contributed by atoms with van der Waals surface area (Å²) in [5.41, 5.74) is 1.98. The van der Waals surface area contributed by atoms with Gasteiger partial charge in [-0.25, -0.2) is 18.5 Å². The van der Waals surface area contributed by atoms with Gasteiger partial charge < -0.3 is 40.3 Å². The van der Waals surface area contributed by atoms with Crippen molar-refractivity contribution in [2.45, 2.75) is 31.1 Å². The largest absolute Gasteiger partial charge is 0.490 e. The van der Waals surface area contributed by atoms with Crippen molar-refractivity contribution in [1.29, 1.82) is 0 Å². The third-order valence-corrected chi connectivity index (χ3v) is 7.18. The molecule has 17 nitrogen and oxygen atoms in total. The van der Waals surface area contributed by atoms with Crippen LogP contribution in [0.15, 0.2) is 17.1 Å². The Hall–Kier alpha value is -1.03. The smallest absolute Gasteiger partial charge is 0.385 e. The lowest BCUT2D eigenvalue weighted by atomic mass is 9.99. The number of ether oxygens (including phenoxy) is 1. The highest BCUT2D eigenvalue weighted by Crippen LogP contribution is 2.67. The van der Waals surface area contributed by atoms with E-state index in [1.54, 1.807) is 0 Å². The molecule has 1 saturated heterocycles. The molecule has 2 unspecified atom stereocenters. The second-order valence-electron chi connectivity index (χ2n) is 5.77. The molecular formula is C9H16N3O14P3. The number of hydrogen-bond acceptors (Lipinski definition) is 12. The molecule has 0 bridgehead atoms. The van der Waals surface area contributed by atoms with Gasteiger partial charge in [-0.1, -0.05) is 0 Å². The number of aliphatic hydroxyl groups is 2. The van der Waals surface area contributed by atoms with E-state index >= 15 is 0 Å². The molecule has 6 atom stereocenters. The molecule has 8 N–H and O–H groups in total. The number of nitrogen functional groups attached to an aromatic ring is 1. The number of phosphoric acid groups is 3. The summed E-state index contributed by atoms with van der Waals surface area (Å²) in [6, 6.07) is 1.14. The van der Waals surface area contributed by atoms with E-state index < -0.39 is 53.4 Å². The summed E-state index contributed by atoms with van der Waals surface area (Å²) in [5.74, 6) is -0.172. The summed E-state index contributed by atoms with van der Waals surface area (Å²) in [6.45, 7) is 0.964. The van der Waals surface area contributed by atoms with Crippen molar-refractivity contribution < 1.29 is 61.4 Å². The first kappa shape index (κ1) is 24.2. The molecule has 2 heterocycles. The van der Waals surface area contributed by atoms with Crippen LogP contribution in [0.2, 0.25) is 0 Å². The zero-order valence-corrected chi connectivity index (χ0v) is 16.8. The minimum absolute atomic E-state index is 0.172. The van der Waals surface area contributed by atoms with Crippen LogP contribution >= 0.6 is 23.5 Å². The number of nitrogens with zero attached hydrogens (tertiary/aromatic N) is 2. The summed E-state index contributed by atoms with van der Waals surface area (Å²) in [6.07, 6.45) is -5.04. The fraction of sp³-hybridized carbons (Fsp3) is 0.556. The standard InChI is InChI=1S/C9H16N3O14P3/c1-9(15)5(13)6(23-7(9)12-3-2-4(10)11-8(12)14)24-28(19,20)26-29(21,22)25-27(16,17)18/h2-3,5-7,13,15H,1H3,(H,19,20)(H,21,22)(H2,10,11,14)(H2,16,17,18)/t5-,6-,7-,9-/m1/s1. The quantitative estimate of drug-likeness (QED) is 0.209. The van der Waals surface area contributed by atoms with E-state index in [1.165, 1.54) is 0 Å². The Morgan fingerprint density at radius 3 is 2.31 bits per heavy atom. The van der Waals surface area contributed by atoms with E-state index in [-0.39, 0.29) is 5.82 Å². The van der Waals surface area contributed by atoms with Gasteiger partial charge in [0.25, 0.3) is 0 Å². The van der Waals surface area contributed by atoms with Crippen LogP contribution < -0.4 is 11.4 Å². The van der Waals surface area contributed by atoms with Crippen LogP contribution in [-0.4, -0.2) is 57.3 Å². The van der Waals surface area contributed by atoms with E-state index in [1.807, 2.05) is 0 Å². The lowest BCUT2D eigenvalue weighted by molar-refractivity contribution is -0.137. The highest BCUT2D eigenvalue weighted by Gasteiger charge is 2.56. The number of phosphoric ester groups is 1. The second kappa shape index (κ2) is 7.90. The summed E-state index contributed by atoms with van der Waals surface area (Å²) >= 11 is 0. The molecule has 0 saturated carbocycles. The van der Waals surface area contributed by atoms with Crippen LogP contribution in [0.3, 0.4) is 0 Å². The molecule has 2 rings (SSSR count). The number of anilines is 1. The molecule has 1 fully saturated rings. The maximum Gasteiger partial charge on any atom is 0.490 e. The fourth-order valence-corrected chi connectivity index (χ4v) is 5.31. The maximum absolute atomic E-state index is 11.9. The minimum atomic E-state index is -5.81. The van der Waals surface area contributed by atoms with E-state index in [0.29, 0.717) is 4.57 Å². The van der Waals surface area contributed by atoms with Crippen molar-refractivity contribution in [3.63, 3.8) is 0 Å². The topological polar surface area (TPSA) is 270 Å². The molecule has 166 valence electrons. The van der Waals surface area contributed by atoms with Crippen molar-refractivity contribution in [3.8, 4) is 0 Å². The average molecular weight is 483 g/mol. The fourth-order valence-electron chi connectivity index (χ4n) is 2.23. The third-order valence-electron chi connectivity index (χ3n) is 3.38. The first-order chi connectivity index (χ1) is 12.9. The first-order valence-electron chi connectivity index (χ1n) is 7.16. The highest BCUT2D eigenvalue weighted by atomic mass is 31.3. The molecule has 0 aliphatic carbocycles. The lowest BCUT2D eigenvalue weighted by Crippen LogP contribution is -2.46. The lowest BCUT2D eigenvalue weighted by Gasteiger charge is -2.27. The monoisotopic (exact) mass is 483 g/mol. The van der Waals surface area contributed by atoms with Crippen molar-refractivity contribution in [3.05, 3.63) is 22.7 Å². The highest BCUT2D eigenvalue weighted by molar-refractivity contribution is 7.66. The number of rotatable bonds is 7. The Morgan fingerprint density at radius 2 is 1.79 bits per heavy atom. The Morgan fingerprint density at radius 1 is 1.21 bits per heavy atom. The zero-order chi connectivity index (χ0) is 22.4. The van der Waals surface area contributed by atoms with E-state index in [0.717, 1.165) is 19.2 Å². The zero-order valence-electron chi connectivity index (χ0n) is 14.1. The van der Waals surface area contributed by atoms with Gasteiger partial charge in [-0.05, 0) is 13.0 Å². The number of aliphatic hydroxyl groups excluding tert-OH is 1. The molecule has 20 heteroatoms. The Balaban J connectivity index is 2.23. The van der Waals surface area contributed by atoms with Gasteiger partial charge in [0.2, 0.25) is 6.29 Å². The molecule has 29 heavy (non-hydrogen) atoms. The van der Waals surface area contributed by atoms with Crippen LogP contribution in [-0.2, 0) is 31.6 Å². The summed E-state index contributed by atoms with van der Waals surface area (Å²) < 4.78 is 50.9. The molecule has 0 radical (unpaired) electrons. The Kier molecular flexibility index (Phi) is 6.61. The molecule has 1 aliphatic rings. The van der Waals surface area contributed by atoms with Gasteiger partial charge in [0.15, 0.2) is 6.23 Å². The first-order valence-corrected chi connectivity index (χ1v) is 11.7. The number of hydrogen-bond donors (Lipinski definition) is 7. The molecular weight excluding hydrogens is 467 g/mol. The van der Waals surface area contributed by atoms with Gasteiger partial charge >= 0.3 is 29.2 Å². The molecule has 1 aromatic rings. The Labute approximate surface area is 160 Å². The predicted molar refractivity (Wildman–Crippen MR) is 88.4 cm³/mol. The van der Waals surface area contributed by atoms with Gasteiger partial charge in [-0.15, -0.1) is 0 Å². The SMILES string of the molecule is C[C@@]1(O)[C@H](O)[C@@H](OP(=O)(O)OP(=O)(O)OP(=O)(O)O)O[C@H]1n1ccc(N)nc1=O. The molecule has 1 aliphatic heterocycles. The van der Waals surface area contributed by atoms with Crippen LogP contribution in [0.4, 0.5) is 5.82 Å². The van der Waals surface area contributed by atoms with Gasteiger partial charge in [0.05, 0.1) is 0 Å². The van der Waals surface area contributed by atoms with Crippen molar-refractivity contribution in [1.82, 2.24) is 9.55 Å². The van der Waals surface area contributed by atoms with Crippen molar-refractivity contribution >= 4 is 29.3 Å². The molecule has 1 aromatic heterocycles. The van der Waals surface area contributed by atoms with Gasteiger partial charge in [-0.2, -0.15) is 13.6 Å². The molecule has 0 aromatic carbocycles. The number of nitrogens with two attached hydrogens (primary N) is 1. The average Bonchev–Trinajstić information content (AvgIpc) is 2.67. The summed E-state index contributed by atoms with van der Waals surface area (Å²) in [7, 11) is -17.1. The van der Waals surface area contributed by atoms with Gasteiger partial charge in [0.1, 0.15) is 17.5 Å². The summed E-state index contributed by atoms with van der Waals surface area (Å²) in [5, 5.41) is 20.5. The van der Waals surface area contributed by atoms with E-state index in [2.05, 4.69) is 18.1 Å². The second-order valence-corrected chi connectivity index (χ2v) is 10.1. The summed E-state index contributed by atoms with van der Waals surface area (Å²) in [4.78, 5) is 50.8. The third kappa shape index (κ3) is 5.99. The number of aromatic nitrogens is 2. The predicted octanol–water partition coefficient (Wildman–Crippen LogP) is -1.86. The van der Waals surface area contributed by atoms with Crippen molar-refractivity contribution in [2.75, 3.05) is 5.73 Å². The Bertz CT molecular complexity index is 973. The minimum Gasteiger partial charge on any atom is -0.385 e. The van der Waals surface area contributed by atoms with Gasteiger partial charge in [-0.3, -0.25) is 9.09 Å². The van der Waals surface area contributed by atoms with Crippen LogP contribution in [0.25, 0.3) is 0 Å². The maximum atomic E-state index is 11.9. The molecule has 0 spiro atoms. The van der Waals surface area contributed by atoms with Crippen LogP contribution in [0, 0.1) is 0 Å². The van der Waals surface area contributed by atoms with E-state index in [9.17, 15) is 33.6 Å². The molecule has 0 amide bonds. The normalized spacial score (nSPS) is 31.9. The van der Waals surface area contributed by atoms with Crippen molar-refractivity contribution in [2.24, 2.45) is 0 Å². The van der Waals surface area contributed by atoms with E-state index in [4.69, 9.17) is 25.2 Å². The van der Waals surface area contributed by atoms with Gasteiger partial charge in [0, 0.05) is 6.20 Å². The van der Waals surface area contributed by atoms with Crippen LogP contribution in [0.5, 0.6) is 0 Å². The van der Waals surface area contributed by atoms with Crippen LogP contribution in [0.1, 0.15) is 13.2 Å².